The van der Waals surface area contributed by atoms with Crippen LogP contribution in [0.25, 0.3) is 0 Å². The van der Waals surface area contributed by atoms with E-state index in [4.69, 9.17) is 5.11 Å². The molecule has 1 aromatic heterocycles. The minimum absolute atomic E-state index is 0.00685. The summed E-state index contributed by atoms with van der Waals surface area (Å²) in [4.78, 5) is 11.7. The van der Waals surface area contributed by atoms with Gasteiger partial charge in [-0.1, -0.05) is 0 Å². The average Bonchev–Trinajstić information content (AvgIpc) is 2.77. The van der Waals surface area contributed by atoms with Crippen LogP contribution in [0.5, 0.6) is 17.2 Å². The third-order valence-corrected chi connectivity index (χ3v) is 2.08. The van der Waals surface area contributed by atoms with Crippen LogP contribution in [0.15, 0.2) is 24.4 Å². The zero-order valence-electron chi connectivity index (χ0n) is 8.51. The summed E-state index contributed by atoms with van der Waals surface area (Å²) < 4.78 is 0. The number of hydrogen-bond acceptors (Lipinski definition) is 5. The van der Waals surface area contributed by atoms with Crippen LogP contribution in [-0.2, 0) is 0 Å². The molecule has 7 nitrogen and oxygen atoms in total. The number of benzene rings is 1. The van der Waals surface area contributed by atoms with E-state index in [0.717, 1.165) is 12.1 Å². The van der Waals surface area contributed by atoms with Crippen molar-refractivity contribution in [3.8, 4) is 17.2 Å². The van der Waals surface area contributed by atoms with E-state index < -0.39 is 23.2 Å². The van der Waals surface area contributed by atoms with Gasteiger partial charge in [0.25, 0.3) is 5.91 Å². The van der Waals surface area contributed by atoms with Gasteiger partial charge in [0, 0.05) is 11.6 Å². The Balaban J connectivity index is 2.26. The molecule has 0 bridgehead atoms. The molecule has 1 amide bonds. The molecule has 0 atom stereocenters. The summed E-state index contributed by atoms with van der Waals surface area (Å²) in [5.41, 5.74) is 0.00685. The minimum Gasteiger partial charge on any atom is -0.504 e. The van der Waals surface area contributed by atoms with Crippen LogP contribution in [0.1, 0.15) is 10.4 Å². The predicted molar refractivity (Wildman–Crippen MR) is 58.0 cm³/mol. The molecule has 5 N–H and O–H groups in total. The van der Waals surface area contributed by atoms with Crippen LogP contribution in [0, 0.1) is 0 Å². The summed E-state index contributed by atoms with van der Waals surface area (Å²) in [6.45, 7) is 0. The maximum atomic E-state index is 11.7. The van der Waals surface area contributed by atoms with E-state index in [9.17, 15) is 15.0 Å². The first-order valence-electron chi connectivity index (χ1n) is 4.63. The van der Waals surface area contributed by atoms with Crippen molar-refractivity contribution < 1.29 is 20.1 Å². The largest absolute Gasteiger partial charge is 0.504 e. The van der Waals surface area contributed by atoms with Crippen LogP contribution in [0.2, 0.25) is 0 Å². The standard InChI is InChI=1S/C10H9N3O4/c14-6-3-5(4-7(15)9(6)16)10(17)12-8-1-2-11-13-8/h1-4,14-16H,(H2,11,12,13,17). The summed E-state index contributed by atoms with van der Waals surface area (Å²) >= 11 is 0. The predicted octanol–water partition coefficient (Wildman–Crippen LogP) is 0.779. The van der Waals surface area contributed by atoms with Gasteiger partial charge in [-0.25, -0.2) is 0 Å². The Bertz CT molecular complexity index is 528. The van der Waals surface area contributed by atoms with E-state index in [2.05, 4.69) is 15.5 Å². The van der Waals surface area contributed by atoms with Gasteiger partial charge in [-0.05, 0) is 12.1 Å². The van der Waals surface area contributed by atoms with Gasteiger partial charge in [0.05, 0.1) is 6.20 Å². The third kappa shape index (κ3) is 2.12. The molecule has 0 fully saturated rings. The summed E-state index contributed by atoms with van der Waals surface area (Å²) in [5, 5.41) is 36.2. The molecule has 7 heteroatoms. The SMILES string of the molecule is O=C(Nc1ccn[nH]1)c1cc(O)c(O)c(O)c1. The van der Waals surface area contributed by atoms with Crippen molar-refractivity contribution >= 4 is 11.7 Å². The Labute approximate surface area is 95.3 Å². The molecular weight excluding hydrogens is 226 g/mol. The molecule has 0 unspecified atom stereocenters. The number of phenols is 3. The molecule has 0 aliphatic heterocycles. The highest BCUT2D eigenvalue weighted by Gasteiger charge is 2.13. The van der Waals surface area contributed by atoms with Crippen molar-refractivity contribution in [3.05, 3.63) is 30.0 Å². The quantitative estimate of drug-likeness (QED) is 0.493. The van der Waals surface area contributed by atoms with Crippen LogP contribution in [0.4, 0.5) is 5.82 Å². The number of nitrogens with zero attached hydrogens (tertiary/aromatic N) is 1. The van der Waals surface area contributed by atoms with Crippen LogP contribution >= 0.6 is 0 Å². The fourth-order valence-corrected chi connectivity index (χ4v) is 1.26. The molecule has 2 rings (SSSR count). The summed E-state index contributed by atoms with van der Waals surface area (Å²) in [7, 11) is 0. The normalized spacial score (nSPS) is 10.1. The average molecular weight is 235 g/mol. The van der Waals surface area contributed by atoms with Gasteiger partial charge in [0.15, 0.2) is 17.2 Å². The highest BCUT2D eigenvalue weighted by molar-refractivity contribution is 6.04. The summed E-state index contributed by atoms with van der Waals surface area (Å²) in [6, 6.07) is 3.62. The number of carbonyl (C=O) groups excluding carboxylic acids is 1. The van der Waals surface area contributed by atoms with Crippen molar-refractivity contribution in [2.24, 2.45) is 0 Å². The molecule has 0 radical (unpaired) electrons. The number of anilines is 1. The monoisotopic (exact) mass is 235 g/mol. The highest BCUT2D eigenvalue weighted by Crippen LogP contribution is 2.35. The van der Waals surface area contributed by atoms with E-state index in [0.29, 0.717) is 5.82 Å². The van der Waals surface area contributed by atoms with Crippen molar-refractivity contribution in [1.29, 1.82) is 0 Å². The van der Waals surface area contributed by atoms with Gasteiger partial charge in [0.1, 0.15) is 5.82 Å². The molecule has 0 saturated carbocycles. The Morgan fingerprint density at radius 1 is 1.24 bits per heavy atom. The molecule has 1 heterocycles. The molecule has 0 saturated heterocycles. The van der Waals surface area contributed by atoms with E-state index in [-0.39, 0.29) is 5.56 Å². The first kappa shape index (κ1) is 10.8. The second-order valence-corrected chi connectivity index (χ2v) is 3.29. The van der Waals surface area contributed by atoms with Gasteiger partial charge in [-0.2, -0.15) is 5.10 Å². The Morgan fingerprint density at radius 2 is 1.88 bits per heavy atom. The van der Waals surface area contributed by atoms with E-state index in [1.807, 2.05) is 0 Å². The topological polar surface area (TPSA) is 118 Å². The molecule has 0 aliphatic carbocycles. The van der Waals surface area contributed by atoms with Gasteiger partial charge < -0.3 is 20.6 Å². The number of nitrogens with one attached hydrogen (secondary N) is 2. The lowest BCUT2D eigenvalue weighted by Gasteiger charge is -2.05. The molecule has 1 aromatic carbocycles. The lowest BCUT2D eigenvalue weighted by molar-refractivity contribution is 0.102. The van der Waals surface area contributed by atoms with Gasteiger partial charge in [0.2, 0.25) is 0 Å². The highest BCUT2D eigenvalue weighted by atomic mass is 16.3. The van der Waals surface area contributed by atoms with Gasteiger partial charge in [-0.3, -0.25) is 9.89 Å². The van der Waals surface area contributed by atoms with Crippen LogP contribution in [-0.4, -0.2) is 31.4 Å². The number of aromatic amines is 1. The summed E-state index contributed by atoms with van der Waals surface area (Å²) in [6.07, 6.45) is 1.46. The number of carbonyl (C=O) groups is 1. The number of H-pyrrole nitrogens is 1. The summed E-state index contributed by atoms with van der Waals surface area (Å²) in [5.74, 6) is -1.98. The first-order chi connectivity index (χ1) is 8.08. The van der Waals surface area contributed by atoms with Crippen molar-refractivity contribution in [3.63, 3.8) is 0 Å². The van der Waals surface area contributed by atoms with E-state index >= 15 is 0 Å². The fourth-order valence-electron chi connectivity index (χ4n) is 1.26. The maximum absolute atomic E-state index is 11.7. The van der Waals surface area contributed by atoms with E-state index in [1.54, 1.807) is 0 Å². The number of aromatic nitrogens is 2. The number of aromatic hydroxyl groups is 3. The lowest BCUT2D eigenvalue weighted by atomic mass is 10.1. The van der Waals surface area contributed by atoms with Crippen molar-refractivity contribution in [2.75, 3.05) is 5.32 Å². The second kappa shape index (κ2) is 4.05. The molecule has 2 aromatic rings. The maximum Gasteiger partial charge on any atom is 0.257 e. The number of amides is 1. The molecule has 17 heavy (non-hydrogen) atoms. The second-order valence-electron chi connectivity index (χ2n) is 3.29. The Morgan fingerprint density at radius 3 is 2.41 bits per heavy atom. The number of hydrogen-bond donors (Lipinski definition) is 5. The van der Waals surface area contributed by atoms with Crippen LogP contribution < -0.4 is 5.32 Å². The number of phenolic OH excluding ortho intramolecular Hbond substituents is 3. The molecular formula is C10H9N3O4. The smallest absolute Gasteiger partial charge is 0.257 e. The first-order valence-corrected chi connectivity index (χ1v) is 4.63. The molecule has 88 valence electrons. The Hall–Kier alpha value is -2.70. The van der Waals surface area contributed by atoms with Crippen molar-refractivity contribution in [1.82, 2.24) is 10.2 Å². The van der Waals surface area contributed by atoms with Crippen LogP contribution in [0.3, 0.4) is 0 Å². The van der Waals surface area contributed by atoms with Crippen molar-refractivity contribution in [2.45, 2.75) is 0 Å². The molecule has 0 spiro atoms. The van der Waals surface area contributed by atoms with E-state index in [1.165, 1.54) is 12.3 Å². The zero-order valence-corrected chi connectivity index (χ0v) is 8.51. The zero-order chi connectivity index (χ0) is 12.4. The van der Waals surface area contributed by atoms with Gasteiger partial charge in [-0.15, -0.1) is 0 Å². The fraction of sp³-hybridized carbons (Fsp3) is 0. The van der Waals surface area contributed by atoms with Gasteiger partial charge >= 0.3 is 0 Å². The lowest BCUT2D eigenvalue weighted by Crippen LogP contribution is -2.12. The Kier molecular flexibility index (Phi) is 2.57. The third-order valence-electron chi connectivity index (χ3n) is 2.08. The minimum atomic E-state index is -0.664. The number of rotatable bonds is 2. The molecule has 0 aliphatic rings.